The summed E-state index contributed by atoms with van der Waals surface area (Å²) in [6.45, 7) is 0.625. The Morgan fingerprint density at radius 1 is 1.07 bits per heavy atom. The molecule has 0 aliphatic carbocycles. The number of hydrogen-bond donors (Lipinski definition) is 0. The second kappa shape index (κ2) is 2.84. The van der Waals surface area contributed by atoms with Crippen LogP contribution >= 0.6 is 0 Å². The molecule has 68 valence electrons. The van der Waals surface area contributed by atoms with Crippen molar-refractivity contribution < 1.29 is 4.74 Å². The van der Waals surface area contributed by atoms with Gasteiger partial charge >= 0.3 is 0 Å². The second-order valence-corrected chi connectivity index (χ2v) is 3.32. The summed E-state index contributed by atoms with van der Waals surface area (Å²) >= 11 is 0. The zero-order chi connectivity index (χ0) is 9.38. The number of pyridine rings is 1. The van der Waals surface area contributed by atoms with Crippen molar-refractivity contribution in [3.8, 4) is 16.9 Å². The molecule has 0 N–H and O–H groups in total. The fraction of sp³-hybridized carbons (Fsp3) is 0.0833. The van der Waals surface area contributed by atoms with Crippen LogP contribution in [0.1, 0.15) is 5.56 Å². The van der Waals surface area contributed by atoms with E-state index in [4.69, 9.17) is 4.74 Å². The predicted molar refractivity (Wildman–Crippen MR) is 54.0 cm³/mol. The molecule has 2 nitrogen and oxygen atoms in total. The van der Waals surface area contributed by atoms with Crippen molar-refractivity contribution in [2.75, 3.05) is 0 Å². The van der Waals surface area contributed by atoms with Crippen LogP contribution in [0.4, 0.5) is 0 Å². The summed E-state index contributed by atoms with van der Waals surface area (Å²) in [5.74, 6) is 0.964. The average molecular weight is 183 g/mol. The van der Waals surface area contributed by atoms with E-state index in [1.165, 1.54) is 5.56 Å². The van der Waals surface area contributed by atoms with E-state index in [0.29, 0.717) is 6.61 Å². The first-order valence-electron chi connectivity index (χ1n) is 4.60. The molecule has 0 atom stereocenters. The SMILES string of the molecule is c1ccc2c(c1)OCc1cnccc1-2. The Bertz CT molecular complexity index is 434. The molecule has 0 amide bonds. The molecule has 1 aromatic heterocycles. The third kappa shape index (κ3) is 1.01. The normalized spacial score (nSPS) is 12.6. The van der Waals surface area contributed by atoms with Crippen molar-refractivity contribution in [2.24, 2.45) is 0 Å². The lowest BCUT2D eigenvalue weighted by Crippen LogP contribution is -2.05. The van der Waals surface area contributed by atoms with E-state index in [0.717, 1.165) is 16.9 Å². The Labute approximate surface area is 82.2 Å². The molecule has 0 radical (unpaired) electrons. The van der Waals surface area contributed by atoms with Crippen molar-refractivity contribution in [1.29, 1.82) is 0 Å². The van der Waals surface area contributed by atoms with Gasteiger partial charge in [-0.3, -0.25) is 4.98 Å². The number of aromatic nitrogens is 1. The maximum absolute atomic E-state index is 5.61. The molecular weight excluding hydrogens is 174 g/mol. The first-order chi connectivity index (χ1) is 6.95. The van der Waals surface area contributed by atoms with Gasteiger partial charge in [-0.25, -0.2) is 0 Å². The lowest BCUT2D eigenvalue weighted by molar-refractivity contribution is 0.302. The van der Waals surface area contributed by atoms with Crippen LogP contribution in [0, 0.1) is 0 Å². The molecule has 0 saturated carbocycles. The summed E-state index contributed by atoms with van der Waals surface area (Å²) in [4.78, 5) is 4.09. The molecule has 1 aliphatic rings. The fourth-order valence-electron chi connectivity index (χ4n) is 1.78. The van der Waals surface area contributed by atoms with Crippen molar-refractivity contribution in [2.45, 2.75) is 6.61 Å². The average Bonchev–Trinajstić information content (AvgIpc) is 2.29. The largest absolute Gasteiger partial charge is 0.488 e. The fourth-order valence-corrected chi connectivity index (χ4v) is 1.78. The smallest absolute Gasteiger partial charge is 0.127 e. The van der Waals surface area contributed by atoms with Gasteiger partial charge in [0.1, 0.15) is 12.4 Å². The number of nitrogens with zero attached hydrogens (tertiary/aromatic N) is 1. The topological polar surface area (TPSA) is 22.1 Å². The Morgan fingerprint density at radius 3 is 3.00 bits per heavy atom. The van der Waals surface area contributed by atoms with Crippen LogP contribution in [-0.2, 0) is 6.61 Å². The minimum atomic E-state index is 0.625. The first-order valence-corrected chi connectivity index (χ1v) is 4.60. The highest BCUT2D eigenvalue weighted by Crippen LogP contribution is 2.36. The highest BCUT2D eigenvalue weighted by Gasteiger charge is 2.15. The lowest BCUT2D eigenvalue weighted by Gasteiger charge is -2.19. The van der Waals surface area contributed by atoms with Gasteiger partial charge in [-0.1, -0.05) is 18.2 Å². The van der Waals surface area contributed by atoms with Crippen LogP contribution in [0.2, 0.25) is 0 Å². The molecule has 14 heavy (non-hydrogen) atoms. The standard InChI is InChI=1S/C12H9NO/c1-2-4-12-11(3-1)10-5-6-13-7-9(10)8-14-12/h1-7H,8H2. The van der Waals surface area contributed by atoms with Gasteiger partial charge in [-0.2, -0.15) is 0 Å². The minimum absolute atomic E-state index is 0.625. The van der Waals surface area contributed by atoms with Crippen molar-refractivity contribution >= 4 is 0 Å². The number of rotatable bonds is 0. The second-order valence-electron chi connectivity index (χ2n) is 3.32. The maximum Gasteiger partial charge on any atom is 0.127 e. The van der Waals surface area contributed by atoms with Crippen LogP contribution in [0.15, 0.2) is 42.7 Å². The third-order valence-corrected chi connectivity index (χ3v) is 2.46. The molecule has 1 aromatic carbocycles. The van der Waals surface area contributed by atoms with Crippen molar-refractivity contribution in [3.63, 3.8) is 0 Å². The molecule has 2 heteroatoms. The van der Waals surface area contributed by atoms with E-state index in [2.05, 4.69) is 11.1 Å². The van der Waals surface area contributed by atoms with Crippen molar-refractivity contribution in [3.05, 3.63) is 48.3 Å². The molecule has 1 aliphatic heterocycles. The molecule has 2 aromatic rings. The van der Waals surface area contributed by atoms with E-state index in [1.807, 2.05) is 36.7 Å². The molecule has 3 rings (SSSR count). The van der Waals surface area contributed by atoms with E-state index in [-0.39, 0.29) is 0 Å². The van der Waals surface area contributed by atoms with Gasteiger partial charge in [-0.15, -0.1) is 0 Å². The van der Waals surface area contributed by atoms with E-state index in [9.17, 15) is 0 Å². The van der Waals surface area contributed by atoms with Gasteiger partial charge < -0.3 is 4.74 Å². The number of benzene rings is 1. The molecule has 0 spiro atoms. The third-order valence-electron chi connectivity index (χ3n) is 2.46. The van der Waals surface area contributed by atoms with Crippen LogP contribution in [-0.4, -0.2) is 4.98 Å². The summed E-state index contributed by atoms with van der Waals surface area (Å²) < 4.78 is 5.61. The van der Waals surface area contributed by atoms with Crippen LogP contribution < -0.4 is 4.74 Å². The van der Waals surface area contributed by atoms with Gasteiger partial charge in [0.2, 0.25) is 0 Å². The summed E-state index contributed by atoms with van der Waals surface area (Å²) in [5.41, 5.74) is 3.56. The van der Waals surface area contributed by atoms with Gasteiger partial charge in [0.15, 0.2) is 0 Å². The van der Waals surface area contributed by atoms with Gasteiger partial charge in [-0.05, 0) is 17.7 Å². The molecule has 0 unspecified atom stereocenters. The highest BCUT2D eigenvalue weighted by atomic mass is 16.5. The van der Waals surface area contributed by atoms with Gasteiger partial charge in [0.25, 0.3) is 0 Å². The number of ether oxygens (including phenoxy) is 1. The molecule has 0 fully saturated rings. The molecule has 2 heterocycles. The first kappa shape index (κ1) is 7.56. The van der Waals surface area contributed by atoms with Crippen LogP contribution in [0.3, 0.4) is 0 Å². The predicted octanol–water partition coefficient (Wildman–Crippen LogP) is 2.64. The Kier molecular flexibility index (Phi) is 1.53. The Hall–Kier alpha value is -1.83. The van der Waals surface area contributed by atoms with Gasteiger partial charge in [0.05, 0.1) is 0 Å². The van der Waals surface area contributed by atoms with Crippen molar-refractivity contribution in [1.82, 2.24) is 4.98 Å². The van der Waals surface area contributed by atoms with Gasteiger partial charge in [0, 0.05) is 23.5 Å². The summed E-state index contributed by atoms with van der Waals surface area (Å²) in [6.07, 6.45) is 3.69. The zero-order valence-electron chi connectivity index (χ0n) is 7.60. The number of hydrogen-bond acceptors (Lipinski definition) is 2. The molecule has 0 saturated heterocycles. The van der Waals surface area contributed by atoms with E-state index in [1.54, 1.807) is 0 Å². The molecular formula is C12H9NO. The monoisotopic (exact) mass is 183 g/mol. The Balaban J connectivity index is 2.29. The van der Waals surface area contributed by atoms with E-state index >= 15 is 0 Å². The van der Waals surface area contributed by atoms with E-state index < -0.39 is 0 Å². The number of para-hydroxylation sites is 1. The lowest BCUT2D eigenvalue weighted by atomic mass is 9.99. The summed E-state index contributed by atoms with van der Waals surface area (Å²) in [7, 11) is 0. The molecule has 0 bridgehead atoms. The zero-order valence-corrected chi connectivity index (χ0v) is 7.60. The Morgan fingerprint density at radius 2 is 2.00 bits per heavy atom. The van der Waals surface area contributed by atoms with Crippen LogP contribution in [0.25, 0.3) is 11.1 Å². The van der Waals surface area contributed by atoms with Crippen LogP contribution in [0.5, 0.6) is 5.75 Å². The summed E-state index contributed by atoms with van der Waals surface area (Å²) in [5, 5.41) is 0. The minimum Gasteiger partial charge on any atom is -0.488 e. The maximum atomic E-state index is 5.61. The summed E-state index contributed by atoms with van der Waals surface area (Å²) in [6, 6.07) is 10.1. The quantitative estimate of drug-likeness (QED) is 0.626. The number of fused-ring (bicyclic) bond motifs is 3. The highest BCUT2D eigenvalue weighted by molar-refractivity contribution is 5.74.